The molecule has 2 aromatic rings. The van der Waals surface area contributed by atoms with Crippen LogP contribution in [-0.2, 0) is 0 Å². The fourth-order valence-electron chi connectivity index (χ4n) is 2.19. The molecule has 0 aliphatic carbocycles. The predicted molar refractivity (Wildman–Crippen MR) is 85.7 cm³/mol. The molecular formula is C16H16BrClO2. The number of hydrogen-bond acceptors (Lipinski definition) is 2. The van der Waals surface area contributed by atoms with Gasteiger partial charge in [0.05, 0.1) is 7.11 Å². The second kappa shape index (κ2) is 6.17. The van der Waals surface area contributed by atoms with Crippen LogP contribution in [0.5, 0.6) is 5.75 Å². The maximum absolute atomic E-state index is 10.6. The highest BCUT2D eigenvalue weighted by Gasteiger charge is 2.20. The first-order chi connectivity index (χ1) is 9.45. The summed E-state index contributed by atoms with van der Waals surface area (Å²) in [6.45, 7) is 3.99. The Kier molecular flexibility index (Phi) is 4.74. The molecular weight excluding hydrogens is 340 g/mol. The predicted octanol–water partition coefficient (Wildman–Crippen LogP) is 4.81. The zero-order chi connectivity index (χ0) is 14.9. The molecule has 1 N–H and O–H groups in total. The van der Waals surface area contributed by atoms with Gasteiger partial charge in [0.2, 0.25) is 0 Å². The number of aliphatic hydroxyl groups is 1. The smallest absolute Gasteiger partial charge is 0.128 e. The van der Waals surface area contributed by atoms with Crippen LogP contribution < -0.4 is 4.74 Å². The fraction of sp³-hybridized carbons (Fsp3) is 0.250. The number of hydrogen-bond donors (Lipinski definition) is 1. The zero-order valence-corrected chi connectivity index (χ0v) is 13.9. The van der Waals surface area contributed by atoms with Gasteiger partial charge in [-0.2, -0.15) is 0 Å². The Morgan fingerprint density at radius 1 is 1.15 bits per heavy atom. The molecule has 20 heavy (non-hydrogen) atoms. The monoisotopic (exact) mass is 354 g/mol. The Bertz CT molecular complexity index is 641. The Labute approximate surface area is 132 Å². The number of methoxy groups -OCH3 is 1. The second-order valence-corrected chi connectivity index (χ2v) is 6.02. The van der Waals surface area contributed by atoms with Crippen molar-refractivity contribution in [1.29, 1.82) is 0 Å². The summed E-state index contributed by atoms with van der Waals surface area (Å²) in [6.07, 6.45) is -0.815. The van der Waals surface area contributed by atoms with Crippen LogP contribution in [0.25, 0.3) is 0 Å². The van der Waals surface area contributed by atoms with E-state index in [0.717, 1.165) is 21.2 Å². The molecule has 0 bridgehead atoms. The van der Waals surface area contributed by atoms with Crippen molar-refractivity contribution in [3.63, 3.8) is 0 Å². The van der Waals surface area contributed by atoms with Crippen LogP contribution in [0.4, 0.5) is 0 Å². The molecule has 0 saturated heterocycles. The molecule has 106 valence electrons. The molecule has 0 amide bonds. The number of halogens is 2. The van der Waals surface area contributed by atoms with Crippen molar-refractivity contribution in [3.05, 3.63) is 62.1 Å². The van der Waals surface area contributed by atoms with Crippen molar-refractivity contribution in [2.75, 3.05) is 7.11 Å². The third-order valence-corrected chi connectivity index (χ3v) is 4.28. The maximum Gasteiger partial charge on any atom is 0.128 e. The topological polar surface area (TPSA) is 29.5 Å². The second-order valence-electron chi connectivity index (χ2n) is 4.70. The molecule has 0 aromatic heterocycles. The Morgan fingerprint density at radius 3 is 2.40 bits per heavy atom. The lowest BCUT2D eigenvalue weighted by atomic mass is 9.96. The molecule has 0 aliphatic rings. The summed E-state index contributed by atoms with van der Waals surface area (Å²) in [5.41, 5.74) is 3.54. The van der Waals surface area contributed by atoms with Crippen molar-refractivity contribution in [1.82, 2.24) is 0 Å². The lowest BCUT2D eigenvalue weighted by Gasteiger charge is -2.19. The van der Waals surface area contributed by atoms with Gasteiger partial charge in [0.1, 0.15) is 11.9 Å². The summed E-state index contributed by atoms with van der Waals surface area (Å²) in [6, 6.07) is 9.30. The Morgan fingerprint density at radius 2 is 1.80 bits per heavy atom. The van der Waals surface area contributed by atoms with E-state index < -0.39 is 6.10 Å². The molecule has 2 aromatic carbocycles. The maximum atomic E-state index is 10.6. The zero-order valence-electron chi connectivity index (χ0n) is 11.6. The molecule has 0 heterocycles. The Hall–Kier alpha value is -1.03. The average Bonchev–Trinajstić information content (AvgIpc) is 2.41. The van der Waals surface area contributed by atoms with E-state index in [-0.39, 0.29) is 0 Å². The first kappa shape index (κ1) is 15.4. The van der Waals surface area contributed by atoms with Crippen molar-refractivity contribution < 1.29 is 9.84 Å². The van der Waals surface area contributed by atoms with Gasteiger partial charge in [0.15, 0.2) is 0 Å². The van der Waals surface area contributed by atoms with Crippen LogP contribution in [0.3, 0.4) is 0 Å². The highest BCUT2D eigenvalue weighted by Crippen LogP contribution is 2.37. The lowest BCUT2D eigenvalue weighted by Crippen LogP contribution is -2.05. The van der Waals surface area contributed by atoms with E-state index in [4.69, 9.17) is 16.3 Å². The molecule has 0 saturated carbocycles. The van der Waals surface area contributed by atoms with Crippen molar-refractivity contribution in [2.45, 2.75) is 20.0 Å². The summed E-state index contributed by atoms with van der Waals surface area (Å²) >= 11 is 9.57. The first-order valence-electron chi connectivity index (χ1n) is 6.22. The van der Waals surface area contributed by atoms with Crippen LogP contribution in [0.2, 0.25) is 5.02 Å². The minimum atomic E-state index is -0.815. The van der Waals surface area contributed by atoms with Crippen molar-refractivity contribution in [3.8, 4) is 5.75 Å². The molecule has 1 atom stereocenters. The van der Waals surface area contributed by atoms with Crippen molar-refractivity contribution >= 4 is 27.5 Å². The van der Waals surface area contributed by atoms with E-state index >= 15 is 0 Å². The van der Waals surface area contributed by atoms with Crippen LogP contribution in [0, 0.1) is 13.8 Å². The number of ether oxygens (including phenoxy) is 1. The third-order valence-electron chi connectivity index (χ3n) is 3.46. The van der Waals surface area contributed by atoms with Crippen LogP contribution in [0.1, 0.15) is 28.4 Å². The van der Waals surface area contributed by atoms with E-state index in [2.05, 4.69) is 15.9 Å². The molecule has 0 radical (unpaired) electrons. The molecule has 2 rings (SSSR count). The highest BCUT2D eigenvalue weighted by molar-refractivity contribution is 9.10. The lowest BCUT2D eigenvalue weighted by molar-refractivity contribution is 0.214. The normalized spacial score (nSPS) is 12.3. The van der Waals surface area contributed by atoms with Gasteiger partial charge in [-0.3, -0.25) is 0 Å². The van der Waals surface area contributed by atoms with E-state index in [1.807, 2.05) is 38.1 Å². The van der Waals surface area contributed by atoms with Crippen LogP contribution >= 0.6 is 27.5 Å². The quantitative estimate of drug-likeness (QED) is 0.856. The summed E-state index contributed by atoms with van der Waals surface area (Å²) in [5, 5.41) is 11.1. The first-order valence-corrected chi connectivity index (χ1v) is 7.40. The molecule has 2 nitrogen and oxygen atoms in total. The van der Waals surface area contributed by atoms with Gasteiger partial charge in [0, 0.05) is 20.6 Å². The van der Waals surface area contributed by atoms with Gasteiger partial charge in [0.25, 0.3) is 0 Å². The minimum Gasteiger partial charge on any atom is -0.496 e. The van der Waals surface area contributed by atoms with E-state index in [1.165, 1.54) is 0 Å². The van der Waals surface area contributed by atoms with Gasteiger partial charge in [-0.25, -0.2) is 0 Å². The van der Waals surface area contributed by atoms with Gasteiger partial charge in [-0.05, 0) is 37.1 Å². The summed E-state index contributed by atoms with van der Waals surface area (Å²) in [7, 11) is 1.61. The van der Waals surface area contributed by atoms with Crippen molar-refractivity contribution in [2.24, 2.45) is 0 Å². The standard InChI is InChI=1S/C16H16BrClO2/c1-9-4-6-13(16(20-3)10(9)2)15(19)12-7-5-11(17)8-14(12)18/h4-8,15,19H,1-3H3. The molecule has 0 aliphatic heterocycles. The fourth-order valence-corrected chi connectivity index (χ4v) is 2.96. The number of aliphatic hydroxyl groups excluding tert-OH is 1. The van der Waals surface area contributed by atoms with E-state index in [9.17, 15) is 5.11 Å². The van der Waals surface area contributed by atoms with Crippen LogP contribution in [-0.4, -0.2) is 12.2 Å². The highest BCUT2D eigenvalue weighted by atomic mass is 79.9. The van der Waals surface area contributed by atoms with Gasteiger partial charge in [-0.15, -0.1) is 0 Å². The number of aryl methyl sites for hydroxylation is 1. The third kappa shape index (κ3) is 2.85. The van der Waals surface area contributed by atoms with Gasteiger partial charge < -0.3 is 9.84 Å². The van der Waals surface area contributed by atoms with Gasteiger partial charge in [-0.1, -0.05) is 45.7 Å². The van der Waals surface area contributed by atoms with Crippen LogP contribution in [0.15, 0.2) is 34.8 Å². The molecule has 0 spiro atoms. The summed E-state index contributed by atoms with van der Waals surface area (Å²) in [4.78, 5) is 0. The van der Waals surface area contributed by atoms with E-state index in [1.54, 1.807) is 13.2 Å². The largest absolute Gasteiger partial charge is 0.496 e. The average molecular weight is 356 g/mol. The molecule has 4 heteroatoms. The SMILES string of the molecule is COc1c(C(O)c2ccc(Br)cc2Cl)ccc(C)c1C. The number of rotatable bonds is 3. The molecule has 1 unspecified atom stereocenters. The van der Waals surface area contributed by atoms with E-state index in [0.29, 0.717) is 16.3 Å². The Balaban J connectivity index is 2.53. The summed E-state index contributed by atoms with van der Waals surface area (Å²) < 4.78 is 6.33. The van der Waals surface area contributed by atoms with Gasteiger partial charge >= 0.3 is 0 Å². The molecule has 0 fully saturated rings. The summed E-state index contributed by atoms with van der Waals surface area (Å²) in [5.74, 6) is 0.705. The number of benzene rings is 2. The minimum absolute atomic E-state index is 0.521.